The second-order valence-corrected chi connectivity index (χ2v) is 9.04. The molecular formula is C20H23F3N4O5S. The van der Waals surface area contributed by atoms with Crippen molar-refractivity contribution in [2.24, 2.45) is 0 Å². The lowest BCUT2D eigenvalue weighted by Gasteiger charge is -2.47. The number of methoxy groups -OCH3 is 1. The van der Waals surface area contributed by atoms with E-state index in [-0.39, 0.29) is 16.8 Å². The summed E-state index contributed by atoms with van der Waals surface area (Å²) in [7, 11) is 1.65. The first-order valence-electron chi connectivity index (χ1n) is 9.94. The Labute approximate surface area is 191 Å². The smallest absolute Gasteiger partial charge is 0.488 e. The van der Waals surface area contributed by atoms with Gasteiger partial charge in [0.25, 0.3) is 5.91 Å². The number of carbonyl (C=O) groups excluding carboxylic acids is 1. The van der Waals surface area contributed by atoms with Crippen molar-refractivity contribution in [1.82, 2.24) is 19.7 Å². The molecule has 1 amide bonds. The number of nitrogens with zero attached hydrogens (tertiary/aromatic N) is 4. The molecule has 0 aliphatic carbocycles. The van der Waals surface area contributed by atoms with E-state index in [2.05, 4.69) is 10.1 Å². The average Bonchev–Trinajstić information content (AvgIpc) is 3.39. The molecule has 2 aliphatic rings. The van der Waals surface area contributed by atoms with Gasteiger partial charge in [0.05, 0.1) is 24.1 Å². The van der Waals surface area contributed by atoms with Crippen LogP contribution in [0.1, 0.15) is 16.9 Å². The fourth-order valence-corrected chi connectivity index (χ4v) is 4.97. The van der Waals surface area contributed by atoms with Gasteiger partial charge in [0, 0.05) is 44.8 Å². The van der Waals surface area contributed by atoms with E-state index in [0.29, 0.717) is 18.8 Å². The summed E-state index contributed by atoms with van der Waals surface area (Å²) in [5.41, 5.74) is 0.502. The molecule has 1 atom stereocenters. The van der Waals surface area contributed by atoms with E-state index in [1.807, 2.05) is 35.0 Å². The number of hydrogen-bond donors (Lipinski definition) is 1. The Hall–Kier alpha value is -2.80. The molecule has 0 radical (unpaired) electrons. The standard InChI is InChI=1S/C18H22N4O3S.C2HF3O2/c1-24-8-7-22-6-4-16(20-22)17(23)21-12-18(13-21)9-15(11-26-18)25-14-3-2-5-19-10-14;3-2(4,5)1(6)7/h2-6,10,15H,7-9,11-13H2,1H3;(H,6,7). The molecule has 2 fully saturated rings. The molecule has 4 rings (SSSR count). The van der Waals surface area contributed by atoms with Crippen molar-refractivity contribution in [2.75, 3.05) is 32.6 Å². The Kier molecular flexibility index (Phi) is 7.84. The van der Waals surface area contributed by atoms with E-state index in [1.165, 1.54) is 0 Å². The topological polar surface area (TPSA) is 107 Å². The highest BCUT2D eigenvalue weighted by Gasteiger charge is 2.51. The maximum absolute atomic E-state index is 12.6. The van der Waals surface area contributed by atoms with Crippen LogP contribution < -0.4 is 4.74 Å². The van der Waals surface area contributed by atoms with Gasteiger partial charge in [-0.25, -0.2) is 4.79 Å². The Balaban J connectivity index is 0.000000383. The number of amides is 1. The van der Waals surface area contributed by atoms with E-state index in [9.17, 15) is 18.0 Å². The number of aromatic nitrogens is 3. The van der Waals surface area contributed by atoms with Gasteiger partial charge in [-0.3, -0.25) is 14.5 Å². The number of rotatable bonds is 6. The van der Waals surface area contributed by atoms with Gasteiger partial charge in [-0.2, -0.15) is 18.3 Å². The number of halogens is 3. The molecular weight excluding hydrogens is 465 g/mol. The monoisotopic (exact) mass is 488 g/mol. The van der Waals surface area contributed by atoms with Gasteiger partial charge in [-0.15, -0.1) is 11.8 Å². The maximum Gasteiger partial charge on any atom is 0.490 e. The van der Waals surface area contributed by atoms with Crippen LogP contribution in [-0.2, 0) is 16.1 Å². The van der Waals surface area contributed by atoms with Crippen molar-refractivity contribution in [3.05, 3.63) is 42.5 Å². The Morgan fingerprint density at radius 3 is 2.67 bits per heavy atom. The zero-order chi connectivity index (χ0) is 24.1. The highest BCUT2D eigenvalue weighted by Crippen LogP contribution is 2.46. The van der Waals surface area contributed by atoms with E-state index in [4.69, 9.17) is 19.4 Å². The number of carboxylic acid groups (broad SMARTS) is 1. The van der Waals surface area contributed by atoms with Gasteiger partial charge in [0.2, 0.25) is 0 Å². The van der Waals surface area contributed by atoms with Crippen LogP contribution in [0, 0.1) is 0 Å². The predicted octanol–water partition coefficient (Wildman–Crippen LogP) is 2.34. The summed E-state index contributed by atoms with van der Waals surface area (Å²) in [6.07, 6.45) is 1.35. The van der Waals surface area contributed by atoms with Crippen LogP contribution in [0.2, 0.25) is 0 Å². The Morgan fingerprint density at radius 1 is 1.33 bits per heavy atom. The fraction of sp³-hybridized carbons (Fsp3) is 0.500. The van der Waals surface area contributed by atoms with Gasteiger partial charge in [-0.05, 0) is 18.2 Å². The zero-order valence-corrected chi connectivity index (χ0v) is 18.5. The number of alkyl halides is 3. The Morgan fingerprint density at radius 2 is 2.06 bits per heavy atom. The second-order valence-electron chi connectivity index (χ2n) is 7.55. The van der Waals surface area contributed by atoms with Crippen LogP contribution in [0.5, 0.6) is 5.75 Å². The fourth-order valence-electron chi connectivity index (χ4n) is 3.45. The molecule has 2 saturated heterocycles. The molecule has 2 aliphatic heterocycles. The Bertz CT molecular complexity index is 951. The summed E-state index contributed by atoms with van der Waals surface area (Å²) >= 11 is 1.91. The molecule has 2 aromatic rings. The number of pyridine rings is 1. The molecule has 33 heavy (non-hydrogen) atoms. The molecule has 0 saturated carbocycles. The molecule has 2 aromatic heterocycles. The predicted molar refractivity (Wildman–Crippen MR) is 112 cm³/mol. The zero-order valence-electron chi connectivity index (χ0n) is 17.7. The summed E-state index contributed by atoms with van der Waals surface area (Å²) in [6.45, 7) is 2.75. The molecule has 1 unspecified atom stereocenters. The van der Waals surface area contributed by atoms with Gasteiger partial charge in [0.15, 0.2) is 0 Å². The van der Waals surface area contributed by atoms with Gasteiger partial charge >= 0.3 is 12.1 Å². The molecule has 180 valence electrons. The number of hydrogen-bond acceptors (Lipinski definition) is 7. The van der Waals surface area contributed by atoms with Crippen LogP contribution in [0.4, 0.5) is 13.2 Å². The molecule has 0 bridgehead atoms. The van der Waals surface area contributed by atoms with E-state index < -0.39 is 12.1 Å². The molecule has 13 heteroatoms. The highest BCUT2D eigenvalue weighted by molar-refractivity contribution is 8.01. The minimum absolute atomic E-state index is 0.00372. The molecule has 9 nitrogen and oxygen atoms in total. The molecule has 4 heterocycles. The van der Waals surface area contributed by atoms with E-state index in [0.717, 1.165) is 31.0 Å². The lowest BCUT2D eigenvalue weighted by atomic mass is 9.92. The third-order valence-corrected chi connectivity index (χ3v) is 6.56. The summed E-state index contributed by atoms with van der Waals surface area (Å²) in [4.78, 5) is 27.5. The summed E-state index contributed by atoms with van der Waals surface area (Å²) in [6, 6.07) is 5.58. The summed E-state index contributed by atoms with van der Waals surface area (Å²) < 4.78 is 44.7. The molecule has 0 aromatic carbocycles. The van der Waals surface area contributed by atoms with Crippen molar-refractivity contribution >= 4 is 23.6 Å². The SMILES string of the molecule is COCCn1ccc(C(=O)N2CC3(CC(Oc4cccnc4)CS3)C2)n1.O=C(O)C(F)(F)F. The third-order valence-electron chi connectivity index (χ3n) is 4.98. The van der Waals surface area contributed by atoms with Crippen molar-refractivity contribution in [1.29, 1.82) is 0 Å². The van der Waals surface area contributed by atoms with E-state index in [1.54, 1.807) is 30.3 Å². The third kappa shape index (κ3) is 6.60. The van der Waals surface area contributed by atoms with Crippen molar-refractivity contribution in [3.63, 3.8) is 0 Å². The minimum Gasteiger partial charge on any atom is -0.488 e. The first kappa shape index (κ1) is 24.8. The average molecular weight is 488 g/mol. The van der Waals surface area contributed by atoms with Crippen LogP contribution in [0.3, 0.4) is 0 Å². The lowest BCUT2D eigenvalue weighted by Crippen LogP contribution is -2.60. The quantitative estimate of drug-likeness (QED) is 0.661. The first-order chi connectivity index (χ1) is 15.6. The maximum atomic E-state index is 12.6. The first-order valence-corrected chi connectivity index (χ1v) is 10.9. The number of carboxylic acids is 1. The number of likely N-dealkylation sites (tertiary alicyclic amines) is 1. The number of aliphatic carboxylic acids is 1. The summed E-state index contributed by atoms with van der Waals surface area (Å²) in [5.74, 6) is -0.997. The van der Waals surface area contributed by atoms with Gasteiger partial charge in [-0.1, -0.05) is 0 Å². The normalized spacial score (nSPS) is 18.9. The summed E-state index contributed by atoms with van der Waals surface area (Å²) in [5, 5.41) is 11.5. The lowest BCUT2D eigenvalue weighted by molar-refractivity contribution is -0.192. The van der Waals surface area contributed by atoms with Crippen LogP contribution in [0.15, 0.2) is 36.8 Å². The van der Waals surface area contributed by atoms with Crippen LogP contribution >= 0.6 is 11.8 Å². The van der Waals surface area contributed by atoms with Crippen LogP contribution in [0.25, 0.3) is 0 Å². The number of carbonyl (C=O) groups is 2. The van der Waals surface area contributed by atoms with Gasteiger partial charge < -0.3 is 19.5 Å². The molecule has 1 N–H and O–H groups in total. The van der Waals surface area contributed by atoms with Crippen molar-refractivity contribution in [3.8, 4) is 5.75 Å². The minimum atomic E-state index is -5.08. The van der Waals surface area contributed by atoms with Gasteiger partial charge in [0.1, 0.15) is 17.5 Å². The molecule has 1 spiro atoms. The number of thioether (sulfide) groups is 1. The van der Waals surface area contributed by atoms with E-state index >= 15 is 0 Å². The van der Waals surface area contributed by atoms with Crippen molar-refractivity contribution in [2.45, 2.75) is 30.0 Å². The second kappa shape index (κ2) is 10.4. The highest BCUT2D eigenvalue weighted by atomic mass is 32.2. The van der Waals surface area contributed by atoms with Crippen LogP contribution in [-0.4, -0.2) is 86.2 Å². The number of ether oxygens (including phenoxy) is 2. The van der Waals surface area contributed by atoms with Crippen molar-refractivity contribution < 1.29 is 37.3 Å². The largest absolute Gasteiger partial charge is 0.490 e.